The van der Waals surface area contributed by atoms with Crippen molar-refractivity contribution in [3.05, 3.63) is 362 Å². The van der Waals surface area contributed by atoms with Gasteiger partial charge >= 0.3 is 0 Å². The second kappa shape index (κ2) is 23.0. The Labute approximate surface area is 576 Å². The molecule has 0 bridgehead atoms. The second-order valence-corrected chi connectivity index (χ2v) is 30.9. The maximum absolute atomic E-state index is 7.26. The molecule has 0 aliphatic heterocycles. The van der Waals surface area contributed by atoms with Crippen LogP contribution in [0.5, 0.6) is 0 Å². The molecular weight excluding hydrogens is 1220 g/mol. The van der Waals surface area contributed by atoms with Crippen molar-refractivity contribution in [3.8, 4) is 33.4 Å². The first kappa shape index (κ1) is 58.1. The number of benzene rings is 16. The molecule has 16 aromatic carbocycles. The Balaban J connectivity index is 0.838. The van der Waals surface area contributed by atoms with Gasteiger partial charge in [0.1, 0.15) is 11.2 Å². The van der Waals surface area contributed by atoms with E-state index >= 15 is 0 Å². The minimum Gasteiger partial charge on any atom is -0.454 e. The van der Waals surface area contributed by atoms with E-state index < -0.39 is 13.5 Å². The van der Waals surface area contributed by atoms with E-state index in [1.54, 1.807) is 0 Å². The topological polar surface area (TPSA) is 32.8 Å². The van der Waals surface area contributed by atoms with E-state index in [9.17, 15) is 0 Å². The molecule has 0 N–H and O–H groups in total. The summed E-state index contributed by atoms with van der Waals surface area (Å²) >= 11 is 0. The highest BCUT2D eigenvalue weighted by Gasteiger charge is 2.43. The lowest BCUT2D eigenvalue weighted by atomic mass is 9.81. The molecule has 1 aliphatic rings. The minimum atomic E-state index is -2.91. The molecule has 0 saturated heterocycles. The van der Waals surface area contributed by atoms with E-state index in [-0.39, 0.29) is 0 Å². The van der Waals surface area contributed by atoms with E-state index in [1.165, 1.54) is 54.0 Å². The largest absolute Gasteiger partial charge is 0.454 e. The summed E-state index contributed by atoms with van der Waals surface area (Å²) in [6.45, 7) is 7.02. The summed E-state index contributed by atoms with van der Waals surface area (Å²) in [7, 11) is -2.91. The molecule has 0 fully saturated rings. The Bertz CT molecular complexity index is 6140. The molecule has 0 spiro atoms. The molecule has 1 aliphatic carbocycles. The van der Waals surface area contributed by atoms with Crippen molar-refractivity contribution < 1.29 is 8.83 Å². The van der Waals surface area contributed by atoms with Crippen LogP contribution in [-0.4, -0.2) is 8.07 Å². The normalized spacial score (nSPS) is 12.7. The maximum atomic E-state index is 7.26. The Hall–Kier alpha value is -12.3. The molecule has 18 aromatic rings. The van der Waals surface area contributed by atoms with Gasteiger partial charge in [0, 0.05) is 48.8 Å². The number of hydrogen-bond donors (Lipinski definition) is 0. The third-order valence-corrected chi connectivity index (χ3v) is 25.9. The van der Waals surface area contributed by atoms with Crippen molar-refractivity contribution in [2.24, 2.45) is 0 Å². The maximum Gasteiger partial charge on any atom is 0.179 e. The van der Waals surface area contributed by atoms with Gasteiger partial charge in [0.15, 0.2) is 19.2 Å². The summed E-state index contributed by atoms with van der Waals surface area (Å²) in [5.74, 6) is 0. The van der Waals surface area contributed by atoms with Crippen LogP contribution in [0.25, 0.3) is 110 Å². The van der Waals surface area contributed by atoms with Crippen molar-refractivity contribution >= 4 is 139 Å². The van der Waals surface area contributed by atoms with E-state index in [4.69, 9.17) is 8.83 Å². The molecule has 0 unspecified atom stereocenters. The molecule has 0 saturated carbocycles. The van der Waals surface area contributed by atoms with Crippen LogP contribution < -0.4 is 30.5 Å². The summed E-state index contributed by atoms with van der Waals surface area (Å²) in [6, 6.07) is 128. The summed E-state index contributed by atoms with van der Waals surface area (Å²) in [6.07, 6.45) is 0. The highest BCUT2D eigenvalue weighted by molar-refractivity contribution is 7.20. The number of para-hydroxylation sites is 2. The number of nitrogens with zero attached hydrogens (tertiary/aromatic N) is 2. The number of furan rings is 2. The number of hydrogen-bond acceptors (Lipinski definition) is 4. The van der Waals surface area contributed by atoms with Gasteiger partial charge in [-0.1, -0.05) is 298 Å². The zero-order valence-electron chi connectivity index (χ0n) is 55.1. The molecule has 4 nitrogen and oxygen atoms in total. The Morgan fingerprint density at radius 1 is 0.283 bits per heavy atom. The van der Waals surface area contributed by atoms with Gasteiger partial charge in [0.05, 0.1) is 28.4 Å². The fourth-order valence-corrected chi connectivity index (χ4v) is 21.4. The second-order valence-electron chi connectivity index (χ2n) is 27.1. The highest BCUT2D eigenvalue weighted by atomic mass is 28.3. The van der Waals surface area contributed by atoms with Gasteiger partial charge in [-0.2, -0.15) is 0 Å². The van der Waals surface area contributed by atoms with Crippen molar-refractivity contribution in [2.45, 2.75) is 26.2 Å². The zero-order valence-corrected chi connectivity index (χ0v) is 56.1. The first-order chi connectivity index (χ1) is 48.8. The fourth-order valence-electron chi connectivity index (χ4n) is 16.6. The van der Waals surface area contributed by atoms with E-state index in [1.807, 2.05) is 0 Å². The number of aryl methyl sites for hydroxylation is 1. The quantitative estimate of drug-likeness (QED) is 0.0901. The Kier molecular flexibility index (Phi) is 13.5. The molecule has 0 atom stereocenters. The smallest absolute Gasteiger partial charge is 0.179 e. The van der Waals surface area contributed by atoms with Crippen molar-refractivity contribution in [1.82, 2.24) is 0 Å². The molecule has 0 radical (unpaired) electrons. The van der Waals surface area contributed by atoms with Crippen LogP contribution >= 0.6 is 0 Å². The van der Waals surface area contributed by atoms with Crippen molar-refractivity contribution in [1.29, 1.82) is 0 Å². The lowest BCUT2D eigenvalue weighted by Crippen LogP contribution is -2.74. The van der Waals surface area contributed by atoms with Gasteiger partial charge in [-0.05, 0) is 155 Å². The van der Waals surface area contributed by atoms with Crippen LogP contribution in [0.2, 0.25) is 0 Å². The SMILES string of the molecule is Cc1cccc(-c2cc(N(c3cccc4ccccc34)c3cc4c(c5ccccc35)-c3ccc(N(c5cccc6ccccc56)c5cc(-c6cccc([Si](c7ccccc7)(c7ccccc7)c7ccccc7)c6)cc6c5oc5ccccc56)cc3C4(C)C)c3oc4ccccc4c3c2)c1. The summed E-state index contributed by atoms with van der Waals surface area (Å²) in [5.41, 5.74) is 19.7. The summed E-state index contributed by atoms with van der Waals surface area (Å²) in [5, 5.41) is 16.5. The Morgan fingerprint density at radius 3 is 1.29 bits per heavy atom. The summed E-state index contributed by atoms with van der Waals surface area (Å²) < 4.78 is 14.4. The Morgan fingerprint density at radius 2 is 0.727 bits per heavy atom. The van der Waals surface area contributed by atoms with Crippen LogP contribution in [0.3, 0.4) is 0 Å². The van der Waals surface area contributed by atoms with Gasteiger partial charge in [-0.3, -0.25) is 0 Å². The third-order valence-electron chi connectivity index (χ3n) is 21.2. The number of fused-ring (bicyclic) bond motifs is 13. The highest BCUT2D eigenvalue weighted by Crippen LogP contribution is 2.58. The first-order valence-corrected chi connectivity index (χ1v) is 36.3. The molecular formula is C94H66N2O2Si. The molecule has 2 aromatic heterocycles. The molecule has 2 heterocycles. The molecule has 0 amide bonds. The predicted octanol–water partition coefficient (Wildman–Crippen LogP) is 23.2. The van der Waals surface area contributed by atoms with E-state index in [0.717, 1.165) is 127 Å². The van der Waals surface area contributed by atoms with E-state index in [2.05, 4.69) is 376 Å². The molecule has 468 valence electrons. The van der Waals surface area contributed by atoms with Crippen LogP contribution in [0.15, 0.2) is 355 Å². The van der Waals surface area contributed by atoms with Crippen LogP contribution in [0.4, 0.5) is 34.1 Å². The average molecular weight is 1280 g/mol. The van der Waals surface area contributed by atoms with Gasteiger partial charge in [-0.25, -0.2) is 0 Å². The number of rotatable bonds is 12. The van der Waals surface area contributed by atoms with Crippen LogP contribution in [0.1, 0.15) is 30.5 Å². The molecule has 5 heteroatoms. The first-order valence-electron chi connectivity index (χ1n) is 34.3. The summed E-state index contributed by atoms with van der Waals surface area (Å²) in [4.78, 5) is 5.00. The lowest BCUT2D eigenvalue weighted by molar-refractivity contribution is 0.660. The fraction of sp³-hybridized carbons (Fsp3) is 0.0426. The molecule has 99 heavy (non-hydrogen) atoms. The lowest BCUT2D eigenvalue weighted by Gasteiger charge is -2.34. The van der Waals surface area contributed by atoms with Crippen molar-refractivity contribution in [3.63, 3.8) is 0 Å². The van der Waals surface area contributed by atoms with Crippen LogP contribution in [-0.2, 0) is 5.41 Å². The van der Waals surface area contributed by atoms with E-state index in [0.29, 0.717) is 0 Å². The standard InChI is InChI=1S/C94H66N2O2Si/c1-61-27-23-32-64(53-61)66-55-81-77-45-20-22-50-90(77)98-93(81)88(58-66)96(85-48-26-31-63-29-14-16-42-74(63)85)86-60-83-91(78-46-18-17-43-75(78)86)79-52-51-68(59-82(79)94(83,2)3)95(84-47-25-30-62-28-13-15-41-73(62)84)87-57-67(56-80-76-44-19-21-49-89(76)97-92(80)87)65-33-24-40-72(54-65)99(69-34-7-4-8-35-69,70-36-9-5-10-37-70)71-38-11-6-12-39-71/h4-60H,1-3H3. The average Bonchev–Trinajstić information content (AvgIpc) is 1.64. The van der Waals surface area contributed by atoms with Gasteiger partial charge in [-0.15, -0.1) is 0 Å². The third kappa shape index (κ3) is 9.19. The van der Waals surface area contributed by atoms with Gasteiger partial charge in [0.2, 0.25) is 0 Å². The van der Waals surface area contributed by atoms with Gasteiger partial charge < -0.3 is 18.6 Å². The molecule has 19 rings (SSSR count). The monoisotopic (exact) mass is 1280 g/mol. The van der Waals surface area contributed by atoms with Gasteiger partial charge in [0.25, 0.3) is 0 Å². The van der Waals surface area contributed by atoms with Crippen molar-refractivity contribution in [2.75, 3.05) is 9.80 Å². The minimum absolute atomic E-state index is 0.504. The number of anilines is 6. The predicted molar refractivity (Wildman–Crippen MR) is 420 cm³/mol. The van der Waals surface area contributed by atoms with Crippen LogP contribution in [0, 0.1) is 6.92 Å². The zero-order chi connectivity index (χ0) is 65.9.